The fraction of sp³-hybridized carbons (Fsp3) is 0.933. The summed E-state index contributed by atoms with van der Waals surface area (Å²) in [6.07, 6.45) is 7.18. The third kappa shape index (κ3) is 5.74. The van der Waals surface area contributed by atoms with Gasteiger partial charge in [-0.3, -0.25) is 9.00 Å². The van der Waals surface area contributed by atoms with Crippen LogP contribution < -0.4 is 5.32 Å². The Hall–Kier alpha value is -0.220. The molecule has 3 atom stereocenters. The normalized spacial score (nSPS) is 21.8. The van der Waals surface area contributed by atoms with E-state index in [0.29, 0.717) is 11.7 Å². The van der Waals surface area contributed by atoms with Crippen LogP contribution in [-0.4, -0.2) is 34.6 Å². The largest absolute Gasteiger partial charge is 0.310 e. The third-order valence-corrected chi connectivity index (χ3v) is 5.84. The van der Waals surface area contributed by atoms with Crippen molar-refractivity contribution in [2.75, 3.05) is 18.6 Å². The molecule has 1 rings (SSSR count). The zero-order valence-corrected chi connectivity index (χ0v) is 13.4. The number of nitrogens with one attached hydrogen (secondary N) is 1. The fourth-order valence-corrected chi connectivity index (χ4v) is 4.42. The van der Waals surface area contributed by atoms with Gasteiger partial charge in [-0.1, -0.05) is 33.1 Å². The van der Waals surface area contributed by atoms with Gasteiger partial charge in [0.2, 0.25) is 0 Å². The lowest BCUT2D eigenvalue weighted by molar-refractivity contribution is -0.123. The molecule has 19 heavy (non-hydrogen) atoms. The molecule has 0 spiro atoms. The van der Waals surface area contributed by atoms with Gasteiger partial charge in [0.15, 0.2) is 5.78 Å². The molecule has 4 heteroatoms. The lowest BCUT2D eigenvalue weighted by Gasteiger charge is -2.23. The van der Waals surface area contributed by atoms with E-state index in [2.05, 4.69) is 5.32 Å². The molecule has 0 aromatic heterocycles. The summed E-state index contributed by atoms with van der Waals surface area (Å²) in [6.45, 7) is 3.98. The highest BCUT2D eigenvalue weighted by molar-refractivity contribution is 7.85. The maximum absolute atomic E-state index is 12.2. The Kier molecular flexibility index (Phi) is 7.84. The first-order valence-corrected chi connectivity index (χ1v) is 9.13. The topological polar surface area (TPSA) is 46.2 Å². The van der Waals surface area contributed by atoms with Crippen molar-refractivity contribution in [3.63, 3.8) is 0 Å². The minimum Gasteiger partial charge on any atom is -0.310 e. The monoisotopic (exact) mass is 287 g/mol. The molecule has 1 fully saturated rings. The van der Waals surface area contributed by atoms with Gasteiger partial charge < -0.3 is 5.32 Å². The van der Waals surface area contributed by atoms with Gasteiger partial charge in [-0.05, 0) is 32.2 Å². The number of hydrogen-bond donors (Lipinski definition) is 1. The summed E-state index contributed by atoms with van der Waals surface area (Å²) >= 11 is 0. The van der Waals surface area contributed by atoms with Crippen LogP contribution in [0, 0.1) is 11.8 Å². The van der Waals surface area contributed by atoms with Gasteiger partial charge in [0.1, 0.15) is 0 Å². The Labute approximate surface area is 120 Å². The molecule has 0 bridgehead atoms. The standard InChI is InChI=1S/C15H29NO2S/c1-4-12(2)15(17)14(16-3)11-19(18)10-13-8-6-5-7-9-13/h12-14,16H,4-11H2,1-3H3. The molecule has 3 unspecified atom stereocenters. The van der Waals surface area contributed by atoms with E-state index < -0.39 is 10.8 Å². The number of hydrogen-bond acceptors (Lipinski definition) is 3. The van der Waals surface area contributed by atoms with Crippen LogP contribution in [0.5, 0.6) is 0 Å². The highest BCUT2D eigenvalue weighted by Gasteiger charge is 2.24. The lowest BCUT2D eigenvalue weighted by atomic mass is 9.91. The minimum absolute atomic E-state index is 0.0594. The minimum atomic E-state index is -0.870. The van der Waals surface area contributed by atoms with E-state index in [1.165, 1.54) is 32.1 Å². The number of rotatable bonds is 8. The molecule has 0 radical (unpaired) electrons. The predicted molar refractivity (Wildman–Crippen MR) is 81.8 cm³/mol. The van der Waals surface area contributed by atoms with Gasteiger partial charge in [0.25, 0.3) is 0 Å². The molecular weight excluding hydrogens is 258 g/mol. The third-order valence-electron chi connectivity index (χ3n) is 4.29. The molecule has 0 aliphatic heterocycles. The van der Waals surface area contributed by atoms with Crippen LogP contribution in [0.1, 0.15) is 52.4 Å². The van der Waals surface area contributed by atoms with Gasteiger partial charge in [-0.15, -0.1) is 0 Å². The van der Waals surface area contributed by atoms with Crippen molar-refractivity contribution in [1.82, 2.24) is 5.32 Å². The van der Waals surface area contributed by atoms with E-state index in [0.717, 1.165) is 12.2 Å². The van der Waals surface area contributed by atoms with Crippen molar-refractivity contribution < 1.29 is 9.00 Å². The summed E-state index contributed by atoms with van der Waals surface area (Å²) in [7, 11) is 0.924. The summed E-state index contributed by atoms with van der Waals surface area (Å²) in [5, 5.41) is 3.04. The molecule has 0 saturated heterocycles. The Morgan fingerprint density at radius 2 is 1.95 bits per heavy atom. The first kappa shape index (κ1) is 16.8. The number of Topliss-reactive ketones (excluding diaryl/α,β-unsaturated/α-hetero) is 1. The van der Waals surface area contributed by atoms with Gasteiger partial charge >= 0.3 is 0 Å². The number of carbonyl (C=O) groups is 1. The van der Waals surface area contributed by atoms with Crippen molar-refractivity contribution in [3.8, 4) is 0 Å². The van der Waals surface area contributed by atoms with Crippen LogP contribution in [0.2, 0.25) is 0 Å². The molecular formula is C15H29NO2S. The van der Waals surface area contributed by atoms with Crippen molar-refractivity contribution in [1.29, 1.82) is 0 Å². The average molecular weight is 287 g/mol. The van der Waals surface area contributed by atoms with Gasteiger partial charge in [-0.2, -0.15) is 0 Å². The van der Waals surface area contributed by atoms with Gasteiger partial charge in [0, 0.05) is 28.2 Å². The Morgan fingerprint density at radius 3 is 2.47 bits per heavy atom. The molecule has 1 aliphatic rings. The van der Waals surface area contributed by atoms with E-state index >= 15 is 0 Å². The molecule has 112 valence electrons. The molecule has 3 nitrogen and oxygen atoms in total. The van der Waals surface area contributed by atoms with Crippen LogP contribution in [0.3, 0.4) is 0 Å². The molecule has 1 saturated carbocycles. The number of ketones is 1. The van der Waals surface area contributed by atoms with Crippen molar-refractivity contribution in [3.05, 3.63) is 0 Å². The second kappa shape index (κ2) is 8.85. The molecule has 1 aliphatic carbocycles. The summed E-state index contributed by atoms with van der Waals surface area (Å²) in [4.78, 5) is 12.1. The number of carbonyl (C=O) groups excluding carboxylic acids is 1. The summed E-state index contributed by atoms with van der Waals surface area (Å²) in [6, 6.07) is -0.237. The smallest absolute Gasteiger partial charge is 0.153 e. The van der Waals surface area contributed by atoms with Crippen molar-refractivity contribution in [2.45, 2.75) is 58.4 Å². The second-order valence-corrected chi connectivity index (χ2v) is 7.38. The highest BCUT2D eigenvalue weighted by atomic mass is 32.2. The van der Waals surface area contributed by atoms with Gasteiger partial charge in [0.05, 0.1) is 6.04 Å². The van der Waals surface area contributed by atoms with E-state index in [9.17, 15) is 9.00 Å². The van der Waals surface area contributed by atoms with E-state index in [1.807, 2.05) is 13.8 Å². The van der Waals surface area contributed by atoms with Crippen molar-refractivity contribution >= 4 is 16.6 Å². The first-order valence-electron chi connectivity index (χ1n) is 7.64. The Bertz CT molecular complexity index is 301. The maximum Gasteiger partial charge on any atom is 0.153 e. The fourth-order valence-electron chi connectivity index (χ4n) is 2.72. The molecule has 0 amide bonds. The SMILES string of the molecule is CCC(C)C(=O)C(CS(=O)CC1CCCCC1)NC. The molecule has 1 N–H and O–H groups in total. The number of likely N-dealkylation sites (N-methyl/N-ethyl adjacent to an activating group) is 1. The summed E-state index contributed by atoms with van der Waals surface area (Å²) in [5.74, 6) is 2.15. The zero-order chi connectivity index (χ0) is 14.3. The van der Waals surface area contributed by atoms with Crippen LogP contribution in [0.25, 0.3) is 0 Å². The van der Waals surface area contributed by atoms with Crippen molar-refractivity contribution in [2.24, 2.45) is 11.8 Å². The predicted octanol–water partition coefficient (Wildman–Crippen LogP) is 2.52. The molecule has 0 aromatic carbocycles. The van der Waals surface area contributed by atoms with E-state index in [-0.39, 0.29) is 17.7 Å². The van der Waals surface area contributed by atoms with E-state index in [1.54, 1.807) is 7.05 Å². The first-order chi connectivity index (χ1) is 9.08. The average Bonchev–Trinajstić information content (AvgIpc) is 2.44. The molecule has 0 heterocycles. The summed E-state index contributed by atoms with van der Waals surface area (Å²) < 4.78 is 12.2. The maximum atomic E-state index is 12.2. The quantitative estimate of drug-likeness (QED) is 0.746. The lowest BCUT2D eigenvalue weighted by Crippen LogP contribution is -2.42. The second-order valence-electron chi connectivity index (χ2n) is 5.83. The highest BCUT2D eigenvalue weighted by Crippen LogP contribution is 2.24. The van der Waals surface area contributed by atoms with Gasteiger partial charge in [-0.25, -0.2) is 0 Å². The van der Waals surface area contributed by atoms with E-state index in [4.69, 9.17) is 0 Å². The van der Waals surface area contributed by atoms with Crippen LogP contribution >= 0.6 is 0 Å². The van der Waals surface area contributed by atoms with Crippen LogP contribution in [-0.2, 0) is 15.6 Å². The Morgan fingerprint density at radius 1 is 1.32 bits per heavy atom. The summed E-state index contributed by atoms with van der Waals surface area (Å²) in [5.41, 5.74) is 0. The zero-order valence-electron chi connectivity index (χ0n) is 12.6. The molecule has 0 aromatic rings. The van der Waals surface area contributed by atoms with Crippen LogP contribution in [0.15, 0.2) is 0 Å². The van der Waals surface area contributed by atoms with Crippen LogP contribution in [0.4, 0.5) is 0 Å². The Balaban J connectivity index is 2.41.